The lowest BCUT2D eigenvalue weighted by atomic mass is 9.73. The maximum atomic E-state index is 12.2. The van der Waals surface area contributed by atoms with E-state index < -0.39 is 0 Å². The second kappa shape index (κ2) is 4.84. The predicted octanol–water partition coefficient (Wildman–Crippen LogP) is 1.24. The number of rotatable bonds is 3. The fraction of sp³-hybridized carbons (Fsp3) is 0.923. The van der Waals surface area contributed by atoms with Crippen molar-refractivity contribution < 1.29 is 4.79 Å². The normalized spacial score (nSPS) is 35.8. The van der Waals surface area contributed by atoms with Crippen LogP contribution in [0.2, 0.25) is 0 Å². The van der Waals surface area contributed by atoms with Crippen LogP contribution in [-0.2, 0) is 4.79 Å². The molecular formula is C13H24N2O. The first-order valence-corrected chi connectivity index (χ1v) is 6.63. The lowest BCUT2D eigenvalue weighted by Crippen LogP contribution is -2.57. The molecule has 1 aliphatic heterocycles. The molecule has 16 heavy (non-hydrogen) atoms. The SMILES string of the molecule is CCN(CC)[C@H]1CCC2CN(C)CC1C2=O. The molecule has 0 aromatic carbocycles. The highest BCUT2D eigenvalue weighted by Gasteiger charge is 2.43. The fourth-order valence-corrected chi connectivity index (χ4v) is 3.52. The molecule has 0 aromatic rings. The number of piperidine rings is 1. The number of Topliss-reactive ketones (excluding diaryl/α,β-unsaturated/α-hetero) is 1. The quantitative estimate of drug-likeness (QED) is 0.720. The molecule has 0 radical (unpaired) electrons. The van der Waals surface area contributed by atoms with E-state index in [9.17, 15) is 4.79 Å². The van der Waals surface area contributed by atoms with Gasteiger partial charge in [-0.25, -0.2) is 0 Å². The van der Waals surface area contributed by atoms with Crippen LogP contribution in [0.25, 0.3) is 0 Å². The van der Waals surface area contributed by atoms with Crippen molar-refractivity contribution >= 4 is 5.78 Å². The maximum Gasteiger partial charge on any atom is 0.143 e. The molecule has 3 nitrogen and oxygen atoms in total. The van der Waals surface area contributed by atoms with Gasteiger partial charge in [0, 0.05) is 31.0 Å². The average molecular weight is 224 g/mol. The molecular weight excluding hydrogens is 200 g/mol. The first-order chi connectivity index (χ1) is 7.67. The number of likely N-dealkylation sites (tertiary alicyclic amines) is 1. The summed E-state index contributed by atoms with van der Waals surface area (Å²) in [5.41, 5.74) is 0. The molecule has 2 rings (SSSR count). The number of carbonyl (C=O) groups is 1. The third kappa shape index (κ3) is 2.03. The molecule has 92 valence electrons. The fourth-order valence-electron chi connectivity index (χ4n) is 3.52. The van der Waals surface area contributed by atoms with Crippen LogP contribution >= 0.6 is 0 Å². The van der Waals surface area contributed by atoms with Crippen molar-refractivity contribution in [2.45, 2.75) is 32.7 Å². The minimum atomic E-state index is 0.275. The Balaban J connectivity index is 2.13. The minimum absolute atomic E-state index is 0.275. The molecule has 1 saturated carbocycles. The first-order valence-electron chi connectivity index (χ1n) is 6.63. The van der Waals surface area contributed by atoms with E-state index >= 15 is 0 Å². The molecule has 1 aliphatic carbocycles. The standard InChI is InChI=1S/C13H24N2O/c1-4-15(5-2)12-7-6-10-8-14(3)9-11(12)13(10)16/h10-12H,4-9H2,1-3H3/t10?,11?,12-/m0/s1. The summed E-state index contributed by atoms with van der Waals surface area (Å²) in [6.45, 7) is 8.49. The van der Waals surface area contributed by atoms with Crippen molar-refractivity contribution in [3.8, 4) is 0 Å². The Kier molecular flexibility index (Phi) is 3.65. The Morgan fingerprint density at radius 2 is 1.94 bits per heavy atom. The third-order valence-corrected chi connectivity index (χ3v) is 4.36. The Morgan fingerprint density at radius 3 is 2.56 bits per heavy atom. The Morgan fingerprint density at radius 1 is 1.25 bits per heavy atom. The van der Waals surface area contributed by atoms with Gasteiger partial charge in [0.05, 0.1) is 0 Å². The summed E-state index contributed by atoms with van der Waals surface area (Å²) in [5, 5.41) is 0. The summed E-state index contributed by atoms with van der Waals surface area (Å²) in [6.07, 6.45) is 2.32. The summed E-state index contributed by atoms with van der Waals surface area (Å²) >= 11 is 0. The highest BCUT2D eigenvalue weighted by Crippen LogP contribution is 2.33. The second-order valence-corrected chi connectivity index (χ2v) is 5.29. The molecule has 1 heterocycles. The van der Waals surface area contributed by atoms with E-state index in [1.54, 1.807) is 0 Å². The van der Waals surface area contributed by atoms with Crippen LogP contribution in [0, 0.1) is 11.8 Å². The zero-order valence-electron chi connectivity index (χ0n) is 10.8. The van der Waals surface area contributed by atoms with Gasteiger partial charge in [0.15, 0.2) is 0 Å². The number of ketones is 1. The van der Waals surface area contributed by atoms with Crippen molar-refractivity contribution in [2.24, 2.45) is 11.8 Å². The van der Waals surface area contributed by atoms with Crippen molar-refractivity contribution in [3.63, 3.8) is 0 Å². The second-order valence-electron chi connectivity index (χ2n) is 5.29. The van der Waals surface area contributed by atoms with Gasteiger partial charge in [0.2, 0.25) is 0 Å². The van der Waals surface area contributed by atoms with Crippen LogP contribution in [0.5, 0.6) is 0 Å². The Labute approximate surface area is 98.8 Å². The maximum absolute atomic E-state index is 12.2. The van der Waals surface area contributed by atoms with Crippen LogP contribution in [0.4, 0.5) is 0 Å². The summed E-state index contributed by atoms with van der Waals surface area (Å²) in [5.74, 6) is 1.15. The van der Waals surface area contributed by atoms with E-state index in [1.807, 2.05) is 0 Å². The van der Waals surface area contributed by atoms with Crippen LogP contribution in [0.1, 0.15) is 26.7 Å². The van der Waals surface area contributed by atoms with Gasteiger partial charge >= 0.3 is 0 Å². The largest absolute Gasteiger partial charge is 0.305 e. The van der Waals surface area contributed by atoms with Gasteiger partial charge in [0.25, 0.3) is 0 Å². The topological polar surface area (TPSA) is 23.6 Å². The van der Waals surface area contributed by atoms with Crippen molar-refractivity contribution in [1.82, 2.24) is 9.80 Å². The zero-order valence-corrected chi connectivity index (χ0v) is 10.8. The van der Waals surface area contributed by atoms with E-state index in [-0.39, 0.29) is 5.92 Å². The van der Waals surface area contributed by atoms with Gasteiger partial charge in [-0.05, 0) is 33.0 Å². The van der Waals surface area contributed by atoms with E-state index in [4.69, 9.17) is 0 Å². The molecule has 3 atom stereocenters. The number of nitrogens with zero attached hydrogens (tertiary/aromatic N) is 2. The number of hydrogen-bond donors (Lipinski definition) is 0. The number of hydrogen-bond acceptors (Lipinski definition) is 3. The molecule has 2 unspecified atom stereocenters. The van der Waals surface area contributed by atoms with E-state index in [0.717, 1.165) is 32.6 Å². The zero-order chi connectivity index (χ0) is 11.7. The molecule has 3 heteroatoms. The van der Waals surface area contributed by atoms with Crippen LogP contribution in [0.3, 0.4) is 0 Å². The van der Waals surface area contributed by atoms with Crippen molar-refractivity contribution in [1.29, 1.82) is 0 Å². The smallest absolute Gasteiger partial charge is 0.143 e. The molecule has 1 saturated heterocycles. The Bertz CT molecular complexity index is 263. The molecule has 0 aromatic heterocycles. The average Bonchev–Trinajstić information content (AvgIpc) is 2.25. The monoisotopic (exact) mass is 224 g/mol. The van der Waals surface area contributed by atoms with Crippen molar-refractivity contribution in [2.75, 3.05) is 33.2 Å². The highest BCUT2D eigenvalue weighted by atomic mass is 16.1. The summed E-state index contributed by atoms with van der Waals surface area (Å²) in [6, 6.07) is 0.501. The third-order valence-electron chi connectivity index (χ3n) is 4.36. The van der Waals surface area contributed by atoms with Gasteiger partial charge in [-0.1, -0.05) is 13.8 Å². The highest BCUT2D eigenvalue weighted by molar-refractivity contribution is 5.86. The minimum Gasteiger partial charge on any atom is -0.305 e. The van der Waals surface area contributed by atoms with E-state index in [1.165, 1.54) is 6.42 Å². The first kappa shape index (κ1) is 12.1. The van der Waals surface area contributed by atoms with E-state index in [2.05, 4.69) is 30.7 Å². The van der Waals surface area contributed by atoms with Gasteiger partial charge in [0.1, 0.15) is 5.78 Å². The van der Waals surface area contributed by atoms with Crippen LogP contribution < -0.4 is 0 Å². The van der Waals surface area contributed by atoms with Gasteiger partial charge in [-0.3, -0.25) is 4.79 Å². The molecule has 2 aliphatic rings. The van der Waals surface area contributed by atoms with Gasteiger partial charge in [-0.15, -0.1) is 0 Å². The predicted molar refractivity (Wildman–Crippen MR) is 65.4 cm³/mol. The van der Waals surface area contributed by atoms with Crippen molar-refractivity contribution in [3.05, 3.63) is 0 Å². The Hall–Kier alpha value is -0.410. The molecule has 2 bridgehead atoms. The lowest BCUT2D eigenvalue weighted by Gasteiger charge is -2.46. The molecule has 0 N–H and O–H groups in total. The van der Waals surface area contributed by atoms with Gasteiger partial charge in [-0.2, -0.15) is 0 Å². The summed E-state index contributed by atoms with van der Waals surface area (Å²) < 4.78 is 0. The molecule has 0 amide bonds. The van der Waals surface area contributed by atoms with Gasteiger partial charge < -0.3 is 9.80 Å². The number of carbonyl (C=O) groups excluding carboxylic acids is 1. The van der Waals surface area contributed by atoms with Crippen LogP contribution in [-0.4, -0.2) is 54.9 Å². The lowest BCUT2D eigenvalue weighted by molar-refractivity contribution is -0.138. The van der Waals surface area contributed by atoms with Crippen LogP contribution in [0.15, 0.2) is 0 Å². The summed E-state index contributed by atoms with van der Waals surface area (Å²) in [7, 11) is 2.15. The van der Waals surface area contributed by atoms with E-state index in [0.29, 0.717) is 17.7 Å². The summed E-state index contributed by atoms with van der Waals surface area (Å²) in [4.78, 5) is 17.1. The number of fused-ring (bicyclic) bond motifs is 2. The molecule has 0 spiro atoms. The molecule has 2 fully saturated rings.